The van der Waals surface area contributed by atoms with E-state index in [9.17, 15) is 8.42 Å². The van der Waals surface area contributed by atoms with Gasteiger partial charge in [0.15, 0.2) is 0 Å². The third-order valence-electron chi connectivity index (χ3n) is 3.65. The first-order valence-electron chi connectivity index (χ1n) is 6.30. The standard InChI is InChI=1S/C11H24ClN3O2S/c1-10-8-15(9-11(2)14(10)4)18(16,17)13(3)7-5-6-12/h10-11H,5-9H2,1-4H3. The summed E-state index contributed by atoms with van der Waals surface area (Å²) < 4.78 is 27.7. The van der Waals surface area contributed by atoms with E-state index in [4.69, 9.17) is 11.6 Å². The summed E-state index contributed by atoms with van der Waals surface area (Å²) >= 11 is 5.61. The SMILES string of the molecule is CC1CN(S(=O)(=O)N(C)CCCCl)CC(C)N1C. The second kappa shape index (κ2) is 6.52. The van der Waals surface area contributed by atoms with Gasteiger partial charge in [-0.05, 0) is 27.3 Å². The van der Waals surface area contributed by atoms with E-state index in [0.717, 1.165) is 0 Å². The third kappa shape index (κ3) is 3.57. The summed E-state index contributed by atoms with van der Waals surface area (Å²) in [7, 11) is 0.317. The van der Waals surface area contributed by atoms with Crippen LogP contribution in [0.15, 0.2) is 0 Å². The lowest BCUT2D eigenvalue weighted by Gasteiger charge is -2.42. The van der Waals surface area contributed by atoms with Crippen molar-refractivity contribution < 1.29 is 8.42 Å². The second-order valence-corrected chi connectivity index (χ2v) is 7.47. The molecule has 1 saturated heterocycles. The molecule has 1 fully saturated rings. The Morgan fingerprint density at radius 3 is 2.22 bits per heavy atom. The summed E-state index contributed by atoms with van der Waals surface area (Å²) in [4.78, 5) is 2.21. The topological polar surface area (TPSA) is 43.9 Å². The Labute approximate surface area is 116 Å². The van der Waals surface area contributed by atoms with Crippen LogP contribution in [0.25, 0.3) is 0 Å². The number of rotatable bonds is 5. The van der Waals surface area contributed by atoms with E-state index in [0.29, 0.717) is 31.9 Å². The molecule has 1 heterocycles. The van der Waals surface area contributed by atoms with Crippen LogP contribution in [0.2, 0.25) is 0 Å². The summed E-state index contributed by atoms with van der Waals surface area (Å²) in [5.41, 5.74) is 0. The first-order valence-corrected chi connectivity index (χ1v) is 8.23. The molecule has 0 saturated carbocycles. The zero-order valence-electron chi connectivity index (χ0n) is 11.6. The third-order valence-corrected chi connectivity index (χ3v) is 5.84. The van der Waals surface area contributed by atoms with Crippen LogP contribution in [0.1, 0.15) is 20.3 Å². The molecule has 1 rings (SSSR count). The molecule has 0 aliphatic carbocycles. The highest BCUT2D eigenvalue weighted by molar-refractivity contribution is 7.86. The van der Waals surface area contributed by atoms with Gasteiger partial charge in [-0.2, -0.15) is 17.0 Å². The van der Waals surface area contributed by atoms with Crippen molar-refractivity contribution in [1.29, 1.82) is 0 Å². The lowest BCUT2D eigenvalue weighted by molar-refractivity contribution is 0.102. The van der Waals surface area contributed by atoms with Crippen molar-refractivity contribution in [1.82, 2.24) is 13.5 Å². The van der Waals surface area contributed by atoms with Crippen LogP contribution in [0.5, 0.6) is 0 Å². The Morgan fingerprint density at radius 1 is 1.28 bits per heavy atom. The van der Waals surface area contributed by atoms with Crippen molar-refractivity contribution in [2.45, 2.75) is 32.4 Å². The maximum atomic E-state index is 12.4. The molecule has 0 spiro atoms. The number of piperazine rings is 1. The molecular weight excluding hydrogens is 274 g/mol. The molecule has 1 aliphatic rings. The molecule has 0 radical (unpaired) electrons. The highest BCUT2D eigenvalue weighted by Crippen LogP contribution is 2.18. The van der Waals surface area contributed by atoms with Crippen LogP contribution in [-0.4, -0.2) is 73.6 Å². The van der Waals surface area contributed by atoms with Gasteiger partial charge in [0, 0.05) is 44.6 Å². The van der Waals surface area contributed by atoms with Gasteiger partial charge >= 0.3 is 0 Å². The molecule has 7 heteroatoms. The second-order valence-electron chi connectivity index (χ2n) is 5.05. The van der Waals surface area contributed by atoms with E-state index < -0.39 is 10.2 Å². The molecular formula is C11H24ClN3O2S. The van der Waals surface area contributed by atoms with Crippen molar-refractivity contribution in [3.05, 3.63) is 0 Å². The van der Waals surface area contributed by atoms with E-state index in [1.165, 1.54) is 4.31 Å². The normalized spacial score (nSPS) is 27.9. The van der Waals surface area contributed by atoms with Gasteiger partial charge in [0.25, 0.3) is 10.2 Å². The van der Waals surface area contributed by atoms with Crippen LogP contribution in [0, 0.1) is 0 Å². The zero-order valence-corrected chi connectivity index (χ0v) is 13.2. The van der Waals surface area contributed by atoms with E-state index in [1.54, 1.807) is 11.4 Å². The molecule has 108 valence electrons. The van der Waals surface area contributed by atoms with Crippen LogP contribution >= 0.6 is 11.6 Å². The van der Waals surface area contributed by atoms with E-state index in [1.807, 2.05) is 7.05 Å². The van der Waals surface area contributed by atoms with E-state index >= 15 is 0 Å². The fraction of sp³-hybridized carbons (Fsp3) is 1.00. The zero-order chi connectivity index (χ0) is 13.9. The van der Waals surface area contributed by atoms with Crippen molar-refractivity contribution in [2.24, 2.45) is 0 Å². The lowest BCUT2D eigenvalue weighted by Crippen LogP contribution is -2.58. The predicted molar refractivity (Wildman–Crippen MR) is 75.1 cm³/mol. The number of likely N-dealkylation sites (N-methyl/N-ethyl adjacent to an activating group) is 1. The minimum Gasteiger partial charge on any atom is -0.298 e. The molecule has 0 bridgehead atoms. The van der Waals surface area contributed by atoms with Crippen molar-refractivity contribution >= 4 is 21.8 Å². The molecule has 0 aromatic heterocycles. The Kier molecular flexibility index (Phi) is 5.86. The molecule has 5 nitrogen and oxygen atoms in total. The van der Waals surface area contributed by atoms with E-state index in [-0.39, 0.29) is 12.1 Å². The van der Waals surface area contributed by atoms with Crippen LogP contribution in [0.4, 0.5) is 0 Å². The smallest absolute Gasteiger partial charge is 0.281 e. The van der Waals surface area contributed by atoms with Gasteiger partial charge in [-0.25, -0.2) is 0 Å². The van der Waals surface area contributed by atoms with Gasteiger partial charge in [-0.15, -0.1) is 11.6 Å². The first kappa shape index (κ1) is 16.2. The number of hydrogen-bond acceptors (Lipinski definition) is 3. The van der Waals surface area contributed by atoms with Gasteiger partial charge in [0.1, 0.15) is 0 Å². The summed E-state index contributed by atoms with van der Waals surface area (Å²) in [6, 6.07) is 0.481. The van der Waals surface area contributed by atoms with Crippen molar-refractivity contribution in [3.63, 3.8) is 0 Å². The monoisotopic (exact) mass is 297 g/mol. The minimum absolute atomic E-state index is 0.241. The van der Waals surface area contributed by atoms with Gasteiger partial charge in [-0.1, -0.05) is 0 Å². The average molecular weight is 298 g/mol. The summed E-state index contributed by atoms with van der Waals surface area (Å²) in [6.45, 7) is 5.68. The highest BCUT2D eigenvalue weighted by Gasteiger charge is 2.35. The molecule has 18 heavy (non-hydrogen) atoms. The fourth-order valence-corrected chi connectivity index (χ4v) is 3.82. The van der Waals surface area contributed by atoms with E-state index in [2.05, 4.69) is 18.7 Å². The lowest BCUT2D eigenvalue weighted by atomic mass is 10.1. The van der Waals surface area contributed by atoms with Gasteiger partial charge in [0.05, 0.1) is 0 Å². The van der Waals surface area contributed by atoms with Gasteiger partial charge in [0.2, 0.25) is 0 Å². The van der Waals surface area contributed by atoms with Crippen molar-refractivity contribution in [2.75, 3.05) is 39.6 Å². The van der Waals surface area contributed by atoms with Crippen molar-refractivity contribution in [3.8, 4) is 0 Å². The number of hydrogen-bond donors (Lipinski definition) is 0. The summed E-state index contributed by atoms with van der Waals surface area (Å²) in [5.74, 6) is 0.482. The molecule has 0 aromatic rings. The highest BCUT2D eigenvalue weighted by atomic mass is 35.5. The minimum atomic E-state index is -3.34. The maximum Gasteiger partial charge on any atom is 0.281 e. The molecule has 2 atom stereocenters. The van der Waals surface area contributed by atoms with Crippen LogP contribution in [-0.2, 0) is 10.2 Å². The maximum absolute atomic E-state index is 12.4. The van der Waals surface area contributed by atoms with Gasteiger partial charge < -0.3 is 0 Å². The quantitative estimate of drug-likeness (QED) is 0.706. The molecule has 2 unspecified atom stereocenters. The Hall–Kier alpha value is 0.120. The fourth-order valence-electron chi connectivity index (χ4n) is 2.14. The van der Waals surface area contributed by atoms with Crippen LogP contribution in [0.3, 0.4) is 0 Å². The number of nitrogens with zero attached hydrogens (tertiary/aromatic N) is 3. The molecule has 0 N–H and O–H groups in total. The average Bonchev–Trinajstić information content (AvgIpc) is 2.32. The number of alkyl halides is 1. The molecule has 0 amide bonds. The molecule has 0 aromatic carbocycles. The Morgan fingerprint density at radius 2 is 1.78 bits per heavy atom. The number of halogens is 1. The first-order chi connectivity index (χ1) is 8.30. The summed E-state index contributed by atoms with van der Waals surface area (Å²) in [5, 5.41) is 0. The predicted octanol–water partition coefficient (Wildman–Crippen LogP) is 0.816. The summed E-state index contributed by atoms with van der Waals surface area (Å²) in [6.07, 6.45) is 0.677. The van der Waals surface area contributed by atoms with Crippen LogP contribution < -0.4 is 0 Å². The largest absolute Gasteiger partial charge is 0.298 e. The Bertz CT molecular complexity index is 351. The Balaban J connectivity index is 2.73. The molecule has 1 aliphatic heterocycles. The van der Waals surface area contributed by atoms with Gasteiger partial charge in [-0.3, -0.25) is 4.90 Å².